The van der Waals surface area contributed by atoms with E-state index in [1.165, 1.54) is 13.3 Å². The van der Waals surface area contributed by atoms with Gasteiger partial charge in [0.1, 0.15) is 11.5 Å². The van der Waals surface area contributed by atoms with E-state index in [1.807, 2.05) is 0 Å². The molecule has 0 aromatic heterocycles. The molecule has 10 heteroatoms. The van der Waals surface area contributed by atoms with Gasteiger partial charge in [0.05, 0.1) is 30.1 Å². The molecule has 0 aliphatic rings. The van der Waals surface area contributed by atoms with Gasteiger partial charge in [-0.2, -0.15) is 5.10 Å². The molecular formula is C22H24BrN3O6. The zero-order chi connectivity index (χ0) is 23.3. The number of nitrogens with one attached hydrogen (secondary N) is 2. The lowest BCUT2D eigenvalue weighted by Crippen LogP contribution is -2.20. The van der Waals surface area contributed by atoms with Crippen LogP contribution in [0, 0.1) is 0 Å². The lowest BCUT2D eigenvalue weighted by molar-refractivity contribution is -0.145. The summed E-state index contributed by atoms with van der Waals surface area (Å²) in [6.07, 6.45) is 1.42. The van der Waals surface area contributed by atoms with E-state index >= 15 is 0 Å². The van der Waals surface area contributed by atoms with Gasteiger partial charge in [0.25, 0.3) is 0 Å². The second kappa shape index (κ2) is 13.1. The molecule has 0 saturated heterocycles. The third-order valence-corrected chi connectivity index (χ3v) is 4.59. The number of hydrogen-bond donors (Lipinski definition) is 2. The van der Waals surface area contributed by atoms with Crippen LogP contribution < -0.4 is 20.2 Å². The van der Waals surface area contributed by atoms with Crippen molar-refractivity contribution in [1.82, 2.24) is 5.43 Å². The van der Waals surface area contributed by atoms with Crippen molar-refractivity contribution < 1.29 is 28.6 Å². The standard InChI is InChI=1S/C22H24BrN3O6/c1-3-31-22(29)14-32-18-9-8-15(12-16(18)23)13-24-26-21(28)11-10-20(27)25-17-6-4-5-7-19(17)30-2/h4-9,12-13H,3,10-11,14H2,1-2H3,(H,25,27)(H,26,28). The fourth-order valence-corrected chi connectivity index (χ4v) is 2.99. The van der Waals surface area contributed by atoms with E-state index in [0.29, 0.717) is 27.2 Å². The highest BCUT2D eigenvalue weighted by Gasteiger charge is 2.10. The predicted octanol–water partition coefficient (Wildman–Crippen LogP) is 3.27. The molecule has 2 N–H and O–H groups in total. The first-order chi connectivity index (χ1) is 15.4. The maximum atomic E-state index is 12.1. The number of amides is 2. The number of carbonyl (C=O) groups excluding carboxylic acids is 3. The number of esters is 1. The molecular weight excluding hydrogens is 482 g/mol. The molecule has 0 heterocycles. The van der Waals surface area contributed by atoms with E-state index in [2.05, 4.69) is 31.8 Å². The van der Waals surface area contributed by atoms with Crippen LogP contribution in [0.5, 0.6) is 11.5 Å². The van der Waals surface area contributed by atoms with Gasteiger partial charge in [0.2, 0.25) is 11.8 Å². The summed E-state index contributed by atoms with van der Waals surface area (Å²) in [5.74, 6) is -0.149. The number of carbonyl (C=O) groups is 3. The van der Waals surface area contributed by atoms with Crippen molar-refractivity contribution in [2.24, 2.45) is 5.10 Å². The molecule has 170 valence electrons. The topological polar surface area (TPSA) is 115 Å². The van der Waals surface area contributed by atoms with Gasteiger partial charge in [-0.1, -0.05) is 12.1 Å². The summed E-state index contributed by atoms with van der Waals surface area (Å²) < 4.78 is 16.0. The van der Waals surface area contributed by atoms with E-state index in [-0.39, 0.29) is 32.0 Å². The molecule has 0 bridgehead atoms. The second-order valence-electron chi connectivity index (χ2n) is 6.33. The number of nitrogens with zero attached hydrogens (tertiary/aromatic N) is 1. The largest absolute Gasteiger partial charge is 0.495 e. The van der Waals surface area contributed by atoms with Crippen LogP contribution in [0.4, 0.5) is 5.69 Å². The fraction of sp³-hybridized carbons (Fsp3) is 0.273. The Morgan fingerprint density at radius 2 is 1.81 bits per heavy atom. The van der Waals surface area contributed by atoms with Crippen LogP contribution in [-0.2, 0) is 19.1 Å². The van der Waals surface area contributed by atoms with E-state index < -0.39 is 11.9 Å². The van der Waals surface area contributed by atoms with Crippen molar-refractivity contribution in [1.29, 1.82) is 0 Å². The van der Waals surface area contributed by atoms with Crippen LogP contribution in [0.25, 0.3) is 0 Å². The number of hydrogen-bond acceptors (Lipinski definition) is 7. The second-order valence-corrected chi connectivity index (χ2v) is 7.18. The van der Waals surface area contributed by atoms with Gasteiger partial charge in [-0.05, 0) is 58.7 Å². The van der Waals surface area contributed by atoms with Crippen LogP contribution in [0.15, 0.2) is 52.0 Å². The monoisotopic (exact) mass is 505 g/mol. The molecule has 32 heavy (non-hydrogen) atoms. The van der Waals surface area contributed by atoms with Crippen molar-refractivity contribution in [2.45, 2.75) is 19.8 Å². The van der Waals surface area contributed by atoms with Crippen LogP contribution in [0.3, 0.4) is 0 Å². The summed E-state index contributed by atoms with van der Waals surface area (Å²) in [7, 11) is 1.51. The van der Waals surface area contributed by atoms with Gasteiger partial charge in [-0.25, -0.2) is 10.2 Å². The molecule has 2 aromatic rings. The Bertz CT molecular complexity index is 980. The van der Waals surface area contributed by atoms with E-state index in [1.54, 1.807) is 49.4 Å². The Morgan fingerprint density at radius 1 is 1.06 bits per heavy atom. The molecule has 0 fully saturated rings. The van der Waals surface area contributed by atoms with Gasteiger partial charge >= 0.3 is 5.97 Å². The molecule has 0 aliphatic heterocycles. The smallest absolute Gasteiger partial charge is 0.344 e. The average Bonchev–Trinajstić information content (AvgIpc) is 2.77. The molecule has 0 aliphatic carbocycles. The predicted molar refractivity (Wildman–Crippen MR) is 123 cm³/mol. The number of hydrazone groups is 1. The van der Waals surface area contributed by atoms with Gasteiger partial charge in [0, 0.05) is 12.8 Å². The van der Waals surface area contributed by atoms with Crippen molar-refractivity contribution in [3.63, 3.8) is 0 Å². The molecule has 0 unspecified atom stereocenters. The SMILES string of the molecule is CCOC(=O)COc1ccc(C=NNC(=O)CCC(=O)Nc2ccccc2OC)cc1Br. The Morgan fingerprint density at radius 3 is 2.53 bits per heavy atom. The number of halogens is 1. The Hall–Kier alpha value is -3.40. The van der Waals surface area contributed by atoms with Gasteiger partial charge in [-0.3, -0.25) is 9.59 Å². The van der Waals surface area contributed by atoms with E-state index in [4.69, 9.17) is 14.2 Å². The maximum Gasteiger partial charge on any atom is 0.344 e. The molecule has 2 rings (SSSR count). The molecule has 9 nitrogen and oxygen atoms in total. The molecule has 0 saturated carbocycles. The van der Waals surface area contributed by atoms with Crippen molar-refractivity contribution in [2.75, 3.05) is 25.6 Å². The Balaban J connectivity index is 1.77. The third kappa shape index (κ3) is 8.38. The minimum Gasteiger partial charge on any atom is -0.495 e. The van der Waals surface area contributed by atoms with Crippen LogP contribution >= 0.6 is 15.9 Å². The molecule has 2 amide bonds. The number of benzene rings is 2. The van der Waals surface area contributed by atoms with Crippen molar-refractivity contribution >= 4 is 45.6 Å². The highest BCUT2D eigenvalue weighted by molar-refractivity contribution is 9.10. The van der Waals surface area contributed by atoms with Gasteiger partial charge in [0.15, 0.2) is 6.61 Å². The lowest BCUT2D eigenvalue weighted by atomic mass is 10.2. The van der Waals surface area contributed by atoms with E-state index in [0.717, 1.165) is 0 Å². The molecule has 0 radical (unpaired) electrons. The number of ether oxygens (including phenoxy) is 3. The van der Waals surface area contributed by atoms with E-state index in [9.17, 15) is 14.4 Å². The van der Waals surface area contributed by atoms with Crippen molar-refractivity contribution in [3.8, 4) is 11.5 Å². The summed E-state index contributed by atoms with van der Waals surface area (Å²) >= 11 is 3.36. The zero-order valence-corrected chi connectivity index (χ0v) is 19.3. The highest BCUT2D eigenvalue weighted by atomic mass is 79.9. The molecule has 2 aromatic carbocycles. The van der Waals surface area contributed by atoms with Gasteiger partial charge < -0.3 is 19.5 Å². The third-order valence-electron chi connectivity index (χ3n) is 3.97. The van der Waals surface area contributed by atoms with Gasteiger partial charge in [-0.15, -0.1) is 0 Å². The summed E-state index contributed by atoms with van der Waals surface area (Å²) in [6, 6.07) is 12.1. The summed E-state index contributed by atoms with van der Waals surface area (Å²) in [5, 5.41) is 6.59. The first kappa shape index (κ1) is 24.9. The van der Waals surface area contributed by atoms with Crippen molar-refractivity contribution in [3.05, 3.63) is 52.5 Å². The minimum atomic E-state index is -0.454. The normalized spacial score (nSPS) is 10.5. The minimum absolute atomic E-state index is 0.00253. The number of rotatable bonds is 11. The van der Waals surface area contributed by atoms with Crippen LogP contribution in [-0.4, -0.2) is 44.3 Å². The average molecular weight is 506 g/mol. The first-order valence-electron chi connectivity index (χ1n) is 9.75. The first-order valence-corrected chi connectivity index (χ1v) is 10.5. The quantitative estimate of drug-likeness (QED) is 0.275. The number of methoxy groups -OCH3 is 1. The zero-order valence-electron chi connectivity index (χ0n) is 17.7. The molecule has 0 atom stereocenters. The lowest BCUT2D eigenvalue weighted by Gasteiger charge is -2.09. The summed E-state index contributed by atoms with van der Waals surface area (Å²) in [6.45, 7) is 1.81. The maximum absolute atomic E-state index is 12.1. The number of para-hydroxylation sites is 2. The summed E-state index contributed by atoms with van der Waals surface area (Å²) in [4.78, 5) is 35.3. The Kier molecular flexibility index (Phi) is 10.2. The van der Waals surface area contributed by atoms with Crippen LogP contribution in [0.1, 0.15) is 25.3 Å². The van der Waals surface area contributed by atoms with Crippen LogP contribution in [0.2, 0.25) is 0 Å². The number of anilines is 1. The highest BCUT2D eigenvalue weighted by Crippen LogP contribution is 2.25. The summed E-state index contributed by atoms with van der Waals surface area (Å²) in [5.41, 5.74) is 3.61. The fourth-order valence-electron chi connectivity index (χ4n) is 2.48. The molecule has 0 spiro atoms. The Labute approximate surface area is 194 Å².